The van der Waals surface area contributed by atoms with Crippen molar-refractivity contribution >= 4 is 35.1 Å². The minimum atomic E-state index is -0.627. The third kappa shape index (κ3) is 6.43. The van der Waals surface area contributed by atoms with E-state index in [9.17, 15) is 19.2 Å². The Bertz CT molecular complexity index is 1080. The van der Waals surface area contributed by atoms with Crippen LogP contribution in [0.2, 0.25) is 0 Å². The molecule has 1 saturated heterocycles. The number of amides is 2. The van der Waals surface area contributed by atoms with E-state index in [1.54, 1.807) is 29.2 Å². The summed E-state index contributed by atoms with van der Waals surface area (Å²) in [4.78, 5) is 50.6. The van der Waals surface area contributed by atoms with Gasteiger partial charge in [-0.15, -0.1) is 0 Å². The lowest BCUT2D eigenvalue weighted by Crippen LogP contribution is -2.28. The van der Waals surface area contributed by atoms with Crippen LogP contribution < -0.4 is 10.2 Å². The Morgan fingerprint density at radius 3 is 2.38 bits per heavy atom. The average molecular weight is 467 g/mol. The molecule has 0 aromatic heterocycles. The molecule has 8 heteroatoms. The molecule has 2 amide bonds. The Balaban J connectivity index is 1.47. The van der Waals surface area contributed by atoms with Crippen LogP contribution in [0.4, 0.5) is 11.4 Å². The van der Waals surface area contributed by atoms with Gasteiger partial charge in [0, 0.05) is 24.3 Å². The van der Waals surface area contributed by atoms with Crippen LogP contribution in [0, 0.1) is 25.7 Å². The van der Waals surface area contributed by atoms with Gasteiger partial charge in [0.05, 0.1) is 18.1 Å². The van der Waals surface area contributed by atoms with Gasteiger partial charge in [0.2, 0.25) is 5.91 Å². The normalized spacial score (nSPS) is 15.4. The van der Waals surface area contributed by atoms with Crippen LogP contribution >= 0.6 is 0 Å². The van der Waals surface area contributed by atoms with Gasteiger partial charge >= 0.3 is 11.9 Å². The van der Waals surface area contributed by atoms with Crippen LogP contribution in [0.25, 0.3) is 0 Å². The van der Waals surface area contributed by atoms with E-state index in [2.05, 4.69) is 5.32 Å². The number of esters is 2. The molecule has 1 atom stereocenters. The second kappa shape index (κ2) is 11.0. The number of carbonyl (C=O) groups excluding carboxylic acids is 4. The largest absolute Gasteiger partial charge is 0.462 e. The van der Waals surface area contributed by atoms with E-state index in [4.69, 9.17) is 9.47 Å². The average Bonchev–Trinajstić information content (AvgIpc) is 3.19. The highest BCUT2D eigenvalue weighted by Gasteiger charge is 2.36. The van der Waals surface area contributed by atoms with Crippen LogP contribution in [0.5, 0.6) is 0 Å². The molecule has 1 aliphatic heterocycles. The van der Waals surface area contributed by atoms with Crippen LogP contribution in [0.1, 0.15) is 41.8 Å². The van der Waals surface area contributed by atoms with Crippen molar-refractivity contribution in [1.29, 1.82) is 0 Å². The number of anilines is 2. The quantitative estimate of drug-likeness (QED) is 0.596. The first-order chi connectivity index (χ1) is 16.1. The molecule has 2 aromatic carbocycles. The molecule has 0 unspecified atom stereocenters. The number of ether oxygens (including phenoxy) is 2. The maximum Gasteiger partial charge on any atom is 0.338 e. The van der Waals surface area contributed by atoms with E-state index < -0.39 is 30.4 Å². The van der Waals surface area contributed by atoms with Gasteiger partial charge in [0.15, 0.2) is 6.61 Å². The topological polar surface area (TPSA) is 102 Å². The number of hydrogen-bond donors (Lipinski definition) is 1. The van der Waals surface area contributed by atoms with Crippen molar-refractivity contribution in [3.05, 3.63) is 59.2 Å². The molecular formula is C26H30N2O6. The molecule has 0 bridgehead atoms. The van der Waals surface area contributed by atoms with E-state index >= 15 is 0 Å². The van der Waals surface area contributed by atoms with Crippen molar-refractivity contribution in [3.63, 3.8) is 0 Å². The molecule has 8 nitrogen and oxygen atoms in total. The molecule has 0 aliphatic carbocycles. The molecule has 0 spiro atoms. The van der Waals surface area contributed by atoms with E-state index in [1.165, 1.54) is 0 Å². The Morgan fingerprint density at radius 2 is 1.74 bits per heavy atom. The highest BCUT2D eigenvalue weighted by atomic mass is 16.5. The summed E-state index contributed by atoms with van der Waals surface area (Å²) in [5, 5.41) is 2.61. The van der Waals surface area contributed by atoms with Gasteiger partial charge < -0.3 is 19.7 Å². The van der Waals surface area contributed by atoms with Crippen molar-refractivity contribution in [1.82, 2.24) is 0 Å². The van der Waals surface area contributed by atoms with Crippen LogP contribution in [-0.2, 0) is 23.9 Å². The first-order valence-electron chi connectivity index (χ1n) is 11.3. The monoisotopic (exact) mass is 466 g/mol. The molecule has 0 saturated carbocycles. The lowest BCUT2D eigenvalue weighted by Gasteiger charge is -2.17. The fourth-order valence-corrected chi connectivity index (χ4v) is 3.48. The minimum Gasteiger partial charge on any atom is -0.462 e. The maximum absolute atomic E-state index is 12.4. The summed E-state index contributed by atoms with van der Waals surface area (Å²) in [7, 11) is 0. The number of rotatable bonds is 8. The zero-order chi connectivity index (χ0) is 24.8. The molecule has 0 radical (unpaired) electrons. The summed E-state index contributed by atoms with van der Waals surface area (Å²) >= 11 is 0. The Hall–Kier alpha value is -3.68. The van der Waals surface area contributed by atoms with Crippen LogP contribution in [-0.4, -0.2) is 43.5 Å². The van der Waals surface area contributed by atoms with Crippen molar-refractivity contribution in [2.45, 2.75) is 34.1 Å². The molecule has 34 heavy (non-hydrogen) atoms. The summed E-state index contributed by atoms with van der Waals surface area (Å²) in [5.41, 5.74) is 3.77. The number of nitrogens with zero attached hydrogens (tertiary/aromatic N) is 1. The highest BCUT2D eigenvalue weighted by Crippen LogP contribution is 2.27. The van der Waals surface area contributed by atoms with Gasteiger partial charge in [-0.3, -0.25) is 14.4 Å². The molecule has 1 aliphatic rings. The fraction of sp³-hybridized carbons (Fsp3) is 0.385. The Labute approximate surface area is 199 Å². The van der Waals surface area contributed by atoms with E-state index in [0.29, 0.717) is 17.9 Å². The first kappa shape index (κ1) is 25.0. The number of benzene rings is 2. The SMILES string of the molecule is Cc1ccc(N2C[C@@H](C(=O)OCC(=O)Nc3ccc(C(=O)OCC(C)C)cc3)CC2=O)cc1C. The second-order valence-electron chi connectivity index (χ2n) is 8.90. The lowest BCUT2D eigenvalue weighted by atomic mass is 10.1. The second-order valence-corrected chi connectivity index (χ2v) is 8.90. The molecule has 3 rings (SSSR count). The maximum atomic E-state index is 12.4. The molecule has 1 heterocycles. The van der Waals surface area contributed by atoms with Crippen LogP contribution in [0.3, 0.4) is 0 Å². The summed E-state index contributed by atoms with van der Waals surface area (Å²) in [6.45, 7) is 7.94. The Kier molecular flexibility index (Phi) is 8.04. The molecule has 1 N–H and O–H groups in total. The van der Waals surface area contributed by atoms with E-state index in [1.807, 2.05) is 45.9 Å². The zero-order valence-corrected chi connectivity index (χ0v) is 19.9. The minimum absolute atomic E-state index is 0.0434. The first-order valence-corrected chi connectivity index (χ1v) is 11.3. The lowest BCUT2D eigenvalue weighted by molar-refractivity contribution is -0.151. The van der Waals surface area contributed by atoms with Crippen molar-refractivity contribution in [3.8, 4) is 0 Å². The summed E-state index contributed by atoms with van der Waals surface area (Å²) in [6, 6.07) is 12.0. The summed E-state index contributed by atoms with van der Waals surface area (Å²) in [6.07, 6.45) is 0.0434. The van der Waals surface area contributed by atoms with Gasteiger partial charge in [-0.2, -0.15) is 0 Å². The number of aryl methyl sites for hydroxylation is 2. The van der Waals surface area contributed by atoms with E-state index in [0.717, 1.165) is 16.8 Å². The van der Waals surface area contributed by atoms with Crippen molar-refractivity contribution in [2.24, 2.45) is 11.8 Å². The van der Waals surface area contributed by atoms with Crippen LogP contribution in [0.15, 0.2) is 42.5 Å². The molecule has 180 valence electrons. The van der Waals surface area contributed by atoms with Gasteiger partial charge in [-0.05, 0) is 67.3 Å². The zero-order valence-electron chi connectivity index (χ0n) is 19.9. The summed E-state index contributed by atoms with van der Waals surface area (Å²) in [5.74, 6) is -2.07. The molecule has 1 fully saturated rings. The third-order valence-corrected chi connectivity index (χ3v) is 5.56. The van der Waals surface area contributed by atoms with Gasteiger partial charge in [0.1, 0.15) is 0 Å². The van der Waals surface area contributed by atoms with Gasteiger partial charge in [-0.1, -0.05) is 19.9 Å². The fourth-order valence-electron chi connectivity index (χ4n) is 3.48. The third-order valence-electron chi connectivity index (χ3n) is 5.56. The van der Waals surface area contributed by atoms with Gasteiger partial charge in [-0.25, -0.2) is 4.79 Å². The smallest absolute Gasteiger partial charge is 0.338 e. The highest BCUT2D eigenvalue weighted by molar-refractivity contribution is 6.00. The van der Waals surface area contributed by atoms with E-state index in [-0.39, 0.29) is 24.8 Å². The number of hydrogen-bond acceptors (Lipinski definition) is 6. The predicted octanol–water partition coefficient (Wildman–Crippen LogP) is 3.65. The Morgan fingerprint density at radius 1 is 1.03 bits per heavy atom. The predicted molar refractivity (Wildman–Crippen MR) is 128 cm³/mol. The number of carbonyl (C=O) groups is 4. The molecule has 2 aromatic rings. The van der Waals surface area contributed by atoms with Crippen molar-refractivity contribution < 1.29 is 28.7 Å². The molecular weight excluding hydrogens is 436 g/mol. The van der Waals surface area contributed by atoms with Crippen molar-refractivity contribution in [2.75, 3.05) is 30.0 Å². The summed E-state index contributed by atoms with van der Waals surface area (Å²) < 4.78 is 10.3. The standard InChI is InChI=1S/C26H30N2O6/c1-16(2)14-33-25(31)19-6-8-21(9-7-19)27-23(29)15-34-26(32)20-12-24(30)28(13-20)22-10-5-17(3)18(4)11-22/h5-11,16,20H,12-15H2,1-4H3,(H,27,29)/t20-/m0/s1. The van der Waals surface area contributed by atoms with Gasteiger partial charge in [0.25, 0.3) is 5.91 Å². The number of nitrogens with one attached hydrogen (secondary N) is 1.